The molecule has 0 aliphatic rings. The first kappa shape index (κ1) is 88.1. The monoisotopic (exact) mass is 1320 g/mol. The summed E-state index contributed by atoms with van der Waals surface area (Å²) in [6.45, 7) is 4.92. The number of esters is 4. The number of carbonyl (C=O) groups excluding carboxylic acids is 4. The van der Waals surface area contributed by atoms with Crippen molar-refractivity contribution in [1.82, 2.24) is 0 Å². The van der Waals surface area contributed by atoms with Crippen molar-refractivity contribution in [3.63, 3.8) is 0 Å². The molecule has 0 radical (unpaired) electrons. The minimum Gasteiger partial charge on any atom is -0.462 e. The van der Waals surface area contributed by atoms with Crippen molar-refractivity contribution in [3.05, 3.63) is 0 Å². The third-order valence-electron chi connectivity index (χ3n) is 16.6. The van der Waals surface area contributed by atoms with Gasteiger partial charge in [0, 0.05) is 25.7 Å². The average Bonchev–Trinajstić information content (AvgIpc) is 3.68. The molecule has 0 heterocycles. The van der Waals surface area contributed by atoms with E-state index in [9.17, 15) is 43.2 Å². The highest BCUT2D eigenvalue weighted by atomic mass is 31.2. The van der Waals surface area contributed by atoms with Crippen LogP contribution >= 0.6 is 15.6 Å². The van der Waals surface area contributed by atoms with Crippen LogP contribution in [0.4, 0.5) is 0 Å². The lowest BCUT2D eigenvalue weighted by Crippen LogP contribution is -2.30. The number of hydrogen-bond acceptors (Lipinski definition) is 15. The minimum absolute atomic E-state index is 0.107. The van der Waals surface area contributed by atoms with Crippen LogP contribution in [0.5, 0.6) is 0 Å². The molecule has 0 aliphatic carbocycles. The van der Waals surface area contributed by atoms with Gasteiger partial charge in [0.2, 0.25) is 0 Å². The molecule has 17 nitrogen and oxygen atoms in total. The molecule has 0 rings (SSSR count). The van der Waals surface area contributed by atoms with Crippen LogP contribution in [-0.4, -0.2) is 96.7 Å². The summed E-state index contributed by atoms with van der Waals surface area (Å²) in [5.41, 5.74) is 0. The number of unbranched alkanes of at least 4 members (excludes halogenated alkanes) is 46. The molecular weight excluding hydrogens is 1190 g/mol. The minimum atomic E-state index is -4.95. The number of phosphoric ester groups is 2. The summed E-state index contributed by atoms with van der Waals surface area (Å²) in [6.07, 6.45) is 54.2. The molecule has 0 saturated carbocycles. The SMILES string of the molecule is CCCCCCCCCCCCCCCCCCCCCCC(=O)O[C@H](COC(=O)CCCCCCCCCCCCC)COP(=O)(O)OC[C@@H](O)COP(=O)(O)OC[C@@H](COC(=O)CCCCCCCCCC)OC(=O)CCCCCCCCCCCCC. The van der Waals surface area contributed by atoms with E-state index in [2.05, 4.69) is 27.7 Å². The van der Waals surface area contributed by atoms with Crippen LogP contribution in [0.3, 0.4) is 0 Å². The molecule has 534 valence electrons. The molecule has 0 aromatic carbocycles. The number of ether oxygens (including phenoxy) is 4. The topological polar surface area (TPSA) is 237 Å². The Balaban J connectivity index is 5.15. The van der Waals surface area contributed by atoms with Crippen molar-refractivity contribution < 1.29 is 80.2 Å². The lowest BCUT2D eigenvalue weighted by molar-refractivity contribution is -0.161. The van der Waals surface area contributed by atoms with Gasteiger partial charge in [-0.15, -0.1) is 0 Å². The van der Waals surface area contributed by atoms with Crippen molar-refractivity contribution in [2.45, 2.75) is 393 Å². The lowest BCUT2D eigenvalue weighted by Gasteiger charge is -2.21. The second kappa shape index (κ2) is 65.7. The number of phosphoric acid groups is 2. The van der Waals surface area contributed by atoms with Gasteiger partial charge in [0.15, 0.2) is 12.2 Å². The maximum absolute atomic E-state index is 13.0. The van der Waals surface area contributed by atoms with E-state index in [0.717, 1.165) is 96.3 Å². The quantitative estimate of drug-likeness (QED) is 0.0222. The highest BCUT2D eigenvalue weighted by molar-refractivity contribution is 7.47. The summed E-state index contributed by atoms with van der Waals surface area (Å²) >= 11 is 0. The largest absolute Gasteiger partial charge is 0.472 e. The Bertz CT molecular complexity index is 1720. The normalized spacial score (nSPS) is 14.0. The molecule has 0 fully saturated rings. The van der Waals surface area contributed by atoms with Gasteiger partial charge in [-0.1, -0.05) is 323 Å². The lowest BCUT2D eigenvalue weighted by atomic mass is 10.0. The van der Waals surface area contributed by atoms with Crippen LogP contribution in [0.25, 0.3) is 0 Å². The van der Waals surface area contributed by atoms with Crippen LogP contribution in [0.15, 0.2) is 0 Å². The zero-order chi connectivity index (χ0) is 66.1. The molecule has 3 N–H and O–H groups in total. The Hall–Kier alpha value is -1.94. The fourth-order valence-electron chi connectivity index (χ4n) is 10.9. The smallest absolute Gasteiger partial charge is 0.462 e. The van der Waals surface area contributed by atoms with Crippen LogP contribution in [0, 0.1) is 0 Å². The van der Waals surface area contributed by atoms with Gasteiger partial charge in [0.25, 0.3) is 0 Å². The molecular formula is C71H138O17P2. The third-order valence-corrected chi connectivity index (χ3v) is 18.5. The highest BCUT2D eigenvalue weighted by Crippen LogP contribution is 2.45. The van der Waals surface area contributed by atoms with Crippen molar-refractivity contribution in [3.8, 4) is 0 Å². The standard InChI is InChI=1S/C71H138O17P2/c1-5-9-13-17-21-25-28-29-30-31-32-33-34-35-36-39-42-46-50-54-58-71(76)88-67(62-82-69(74)56-52-48-44-40-37-26-22-18-14-10-6-2)64-86-90(79,80)84-60-65(72)59-83-89(77,78)85-63-66(61-81-68(73)55-51-47-43-24-20-16-12-8-4)87-70(75)57-53-49-45-41-38-27-23-19-15-11-7-3/h65-67,72H,5-64H2,1-4H3,(H,77,78)(H,79,80)/t65-,66+,67+/m0/s1. The van der Waals surface area contributed by atoms with Gasteiger partial charge in [-0.05, 0) is 25.7 Å². The Morgan fingerprint density at radius 1 is 0.267 bits per heavy atom. The second-order valence-electron chi connectivity index (χ2n) is 25.6. The van der Waals surface area contributed by atoms with E-state index in [-0.39, 0.29) is 25.7 Å². The Kier molecular flexibility index (Phi) is 64.3. The summed E-state index contributed by atoms with van der Waals surface area (Å²) in [5, 5.41) is 10.6. The first-order valence-corrected chi connectivity index (χ1v) is 40.3. The predicted molar refractivity (Wildman–Crippen MR) is 363 cm³/mol. The molecule has 0 aromatic heterocycles. The summed E-state index contributed by atoms with van der Waals surface area (Å²) in [5.74, 6) is -2.12. The zero-order valence-corrected chi connectivity index (χ0v) is 59.9. The molecule has 0 aromatic rings. The number of hydrogen-bond donors (Lipinski definition) is 3. The van der Waals surface area contributed by atoms with E-state index in [1.807, 2.05) is 0 Å². The van der Waals surface area contributed by atoms with Gasteiger partial charge in [0.1, 0.15) is 19.3 Å². The van der Waals surface area contributed by atoms with E-state index >= 15 is 0 Å². The predicted octanol–water partition coefficient (Wildman–Crippen LogP) is 20.7. The molecule has 19 heteroatoms. The van der Waals surface area contributed by atoms with Crippen molar-refractivity contribution >= 4 is 39.5 Å². The Morgan fingerprint density at radius 2 is 0.444 bits per heavy atom. The molecule has 90 heavy (non-hydrogen) atoms. The van der Waals surface area contributed by atoms with Crippen LogP contribution in [-0.2, 0) is 65.4 Å². The maximum Gasteiger partial charge on any atom is 0.472 e. The number of rotatable bonds is 72. The molecule has 0 saturated heterocycles. The second-order valence-corrected chi connectivity index (χ2v) is 28.5. The van der Waals surface area contributed by atoms with Crippen LogP contribution in [0.2, 0.25) is 0 Å². The van der Waals surface area contributed by atoms with Gasteiger partial charge in [-0.3, -0.25) is 37.3 Å². The summed E-state index contributed by atoms with van der Waals surface area (Å²) in [7, 11) is -9.89. The van der Waals surface area contributed by atoms with Crippen LogP contribution in [0.1, 0.15) is 374 Å². The Morgan fingerprint density at radius 3 is 0.656 bits per heavy atom. The highest BCUT2D eigenvalue weighted by Gasteiger charge is 2.30. The van der Waals surface area contributed by atoms with Gasteiger partial charge < -0.3 is 33.8 Å². The fraction of sp³-hybridized carbons (Fsp3) is 0.944. The van der Waals surface area contributed by atoms with Gasteiger partial charge in [0.05, 0.1) is 26.4 Å². The Labute approximate surface area is 549 Å². The molecule has 0 aliphatic heterocycles. The van der Waals surface area contributed by atoms with E-state index < -0.39 is 97.5 Å². The van der Waals surface area contributed by atoms with Crippen molar-refractivity contribution in [2.75, 3.05) is 39.6 Å². The summed E-state index contributed by atoms with van der Waals surface area (Å²) < 4.78 is 68.2. The van der Waals surface area contributed by atoms with Gasteiger partial charge in [-0.2, -0.15) is 0 Å². The summed E-state index contributed by atoms with van der Waals surface area (Å²) in [4.78, 5) is 72.4. The summed E-state index contributed by atoms with van der Waals surface area (Å²) in [6, 6.07) is 0. The number of carbonyl (C=O) groups is 4. The first-order chi connectivity index (χ1) is 43.7. The van der Waals surface area contributed by atoms with Gasteiger partial charge in [-0.25, -0.2) is 9.13 Å². The third kappa shape index (κ3) is 64.8. The van der Waals surface area contributed by atoms with Crippen molar-refractivity contribution in [1.29, 1.82) is 0 Å². The zero-order valence-electron chi connectivity index (χ0n) is 58.1. The number of aliphatic hydroxyl groups excluding tert-OH is 1. The molecule has 0 bridgehead atoms. The van der Waals surface area contributed by atoms with Crippen LogP contribution < -0.4 is 0 Å². The maximum atomic E-state index is 13.0. The van der Waals surface area contributed by atoms with Crippen molar-refractivity contribution in [2.24, 2.45) is 0 Å². The molecule has 0 spiro atoms. The molecule has 0 amide bonds. The molecule has 2 unspecified atom stereocenters. The average molecular weight is 1330 g/mol. The molecule has 5 atom stereocenters. The van der Waals surface area contributed by atoms with E-state index in [0.29, 0.717) is 25.7 Å². The number of aliphatic hydroxyl groups is 1. The first-order valence-electron chi connectivity index (χ1n) is 37.3. The van der Waals surface area contributed by atoms with E-state index in [1.54, 1.807) is 0 Å². The van der Waals surface area contributed by atoms with E-state index in [4.69, 9.17) is 37.0 Å². The van der Waals surface area contributed by atoms with Gasteiger partial charge >= 0.3 is 39.5 Å². The van der Waals surface area contributed by atoms with E-state index in [1.165, 1.54) is 199 Å². The fourth-order valence-corrected chi connectivity index (χ4v) is 12.4.